The second-order valence-corrected chi connectivity index (χ2v) is 6.67. The molecule has 4 rings (SSSR count). The van der Waals surface area contributed by atoms with E-state index in [4.69, 9.17) is 10.5 Å². The molecule has 0 saturated heterocycles. The third kappa shape index (κ3) is 3.00. The second kappa shape index (κ2) is 6.84. The molecule has 2 aromatic carbocycles. The number of amides is 2. The molecule has 0 bridgehead atoms. The number of hydrogen-bond donors (Lipinski definition) is 1. The summed E-state index contributed by atoms with van der Waals surface area (Å²) in [6, 6.07) is 9.42. The topological polar surface area (TPSA) is 119 Å². The van der Waals surface area contributed by atoms with Crippen LogP contribution in [-0.4, -0.2) is 36.4 Å². The number of benzene rings is 2. The van der Waals surface area contributed by atoms with E-state index in [0.29, 0.717) is 18.0 Å². The van der Waals surface area contributed by atoms with Crippen LogP contribution in [0.1, 0.15) is 12.0 Å². The molecule has 9 nitrogen and oxygen atoms in total. The van der Waals surface area contributed by atoms with Crippen LogP contribution in [0.2, 0.25) is 0 Å². The zero-order valence-electron chi connectivity index (χ0n) is 15.0. The van der Waals surface area contributed by atoms with Crippen molar-refractivity contribution in [3.63, 3.8) is 0 Å². The lowest BCUT2D eigenvalue weighted by atomic mass is 10.00. The standard InChI is InChI=1S/C19H18N4O5/c20-14-4-1-5-15-13(14)3-2-8-21(15)18(24)10-22-16-9-12(23(26)27)6-7-17(16)28-11-19(22)25/h1,4-7,9H,2-3,8,10-11,20H2. The lowest BCUT2D eigenvalue weighted by Gasteiger charge is -2.34. The summed E-state index contributed by atoms with van der Waals surface area (Å²) < 4.78 is 5.34. The third-order valence-corrected chi connectivity index (χ3v) is 4.98. The maximum absolute atomic E-state index is 13.0. The average molecular weight is 382 g/mol. The molecule has 2 aliphatic heterocycles. The minimum Gasteiger partial charge on any atom is -0.482 e. The van der Waals surface area contributed by atoms with Gasteiger partial charge in [-0.2, -0.15) is 0 Å². The summed E-state index contributed by atoms with van der Waals surface area (Å²) in [5.74, 6) is -0.369. The van der Waals surface area contributed by atoms with Gasteiger partial charge in [0.05, 0.1) is 10.6 Å². The maximum atomic E-state index is 13.0. The molecule has 2 aromatic rings. The minimum absolute atomic E-state index is 0.175. The van der Waals surface area contributed by atoms with E-state index < -0.39 is 10.8 Å². The smallest absolute Gasteiger partial charge is 0.271 e. The van der Waals surface area contributed by atoms with Gasteiger partial charge in [0.2, 0.25) is 5.91 Å². The highest BCUT2D eigenvalue weighted by atomic mass is 16.6. The number of hydrogen-bond acceptors (Lipinski definition) is 6. The van der Waals surface area contributed by atoms with Crippen LogP contribution < -0.4 is 20.3 Å². The number of carbonyl (C=O) groups excluding carboxylic acids is 2. The molecule has 0 radical (unpaired) electrons. The first-order valence-corrected chi connectivity index (χ1v) is 8.85. The molecular weight excluding hydrogens is 364 g/mol. The number of nitro groups is 1. The molecule has 0 saturated carbocycles. The fraction of sp³-hybridized carbons (Fsp3) is 0.263. The quantitative estimate of drug-likeness (QED) is 0.492. The van der Waals surface area contributed by atoms with Crippen molar-refractivity contribution in [3.8, 4) is 5.75 Å². The largest absolute Gasteiger partial charge is 0.482 e. The zero-order valence-corrected chi connectivity index (χ0v) is 15.0. The Morgan fingerprint density at radius 3 is 2.86 bits per heavy atom. The summed E-state index contributed by atoms with van der Waals surface area (Å²) in [7, 11) is 0. The Labute approximate surface area is 160 Å². The van der Waals surface area contributed by atoms with Gasteiger partial charge in [-0.15, -0.1) is 0 Å². The van der Waals surface area contributed by atoms with Crippen molar-refractivity contribution in [2.45, 2.75) is 12.8 Å². The molecule has 2 amide bonds. The number of nitrogen functional groups attached to an aromatic ring is 1. The molecule has 0 aromatic heterocycles. The summed E-state index contributed by atoms with van der Waals surface area (Å²) in [6.45, 7) is 0.0713. The van der Waals surface area contributed by atoms with Gasteiger partial charge in [0, 0.05) is 30.1 Å². The van der Waals surface area contributed by atoms with Crippen LogP contribution in [-0.2, 0) is 16.0 Å². The van der Waals surface area contributed by atoms with Crippen LogP contribution in [0.3, 0.4) is 0 Å². The van der Waals surface area contributed by atoms with Gasteiger partial charge >= 0.3 is 0 Å². The highest BCUT2D eigenvalue weighted by molar-refractivity contribution is 6.06. The van der Waals surface area contributed by atoms with E-state index in [1.807, 2.05) is 6.07 Å². The van der Waals surface area contributed by atoms with E-state index in [0.717, 1.165) is 24.1 Å². The number of nitro benzene ring substituents is 1. The van der Waals surface area contributed by atoms with E-state index in [1.54, 1.807) is 17.0 Å². The zero-order chi connectivity index (χ0) is 19.8. The Morgan fingerprint density at radius 1 is 1.25 bits per heavy atom. The lowest BCUT2D eigenvalue weighted by molar-refractivity contribution is -0.384. The van der Waals surface area contributed by atoms with Gasteiger partial charge < -0.3 is 15.4 Å². The highest BCUT2D eigenvalue weighted by Gasteiger charge is 2.32. The van der Waals surface area contributed by atoms with E-state index in [9.17, 15) is 19.7 Å². The van der Waals surface area contributed by atoms with Crippen molar-refractivity contribution in [1.82, 2.24) is 0 Å². The van der Waals surface area contributed by atoms with Crippen molar-refractivity contribution in [1.29, 1.82) is 0 Å². The number of non-ortho nitro benzene ring substituents is 1. The Balaban J connectivity index is 1.65. The molecule has 0 fully saturated rings. The monoisotopic (exact) mass is 382 g/mol. The number of rotatable bonds is 3. The van der Waals surface area contributed by atoms with Gasteiger partial charge in [-0.25, -0.2) is 0 Å². The summed E-state index contributed by atoms with van der Waals surface area (Å²) >= 11 is 0. The Morgan fingerprint density at radius 2 is 2.07 bits per heavy atom. The van der Waals surface area contributed by atoms with Gasteiger partial charge in [-0.3, -0.25) is 24.6 Å². The molecule has 28 heavy (non-hydrogen) atoms. The number of nitrogens with zero attached hydrogens (tertiary/aromatic N) is 3. The molecule has 0 unspecified atom stereocenters. The molecule has 0 spiro atoms. The van der Waals surface area contributed by atoms with Gasteiger partial charge in [-0.05, 0) is 36.6 Å². The van der Waals surface area contributed by atoms with Crippen LogP contribution in [0.4, 0.5) is 22.7 Å². The SMILES string of the molecule is Nc1cccc2c1CCCN2C(=O)CN1C(=O)COc2ccc([N+](=O)[O-])cc21. The fourth-order valence-corrected chi connectivity index (χ4v) is 3.61. The molecule has 9 heteroatoms. The van der Waals surface area contributed by atoms with Crippen molar-refractivity contribution in [3.05, 3.63) is 52.1 Å². The normalized spacial score (nSPS) is 15.5. The first kappa shape index (κ1) is 17.8. The molecular formula is C19H18N4O5. The first-order chi connectivity index (χ1) is 13.5. The van der Waals surface area contributed by atoms with Gasteiger partial charge in [0.15, 0.2) is 6.61 Å². The Hall–Kier alpha value is -3.62. The van der Waals surface area contributed by atoms with Gasteiger partial charge in [-0.1, -0.05) is 6.07 Å². The number of nitrogens with two attached hydrogens (primary N) is 1. The van der Waals surface area contributed by atoms with Crippen molar-refractivity contribution >= 4 is 34.6 Å². The molecule has 2 N–H and O–H groups in total. The van der Waals surface area contributed by atoms with Gasteiger partial charge in [0.25, 0.3) is 11.6 Å². The number of anilines is 3. The number of fused-ring (bicyclic) bond motifs is 2. The van der Waals surface area contributed by atoms with Crippen molar-refractivity contribution in [2.75, 3.05) is 35.2 Å². The van der Waals surface area contributed by atoms with E-state index in [-0.39, 0.29) is 30.4 Å². The van der Waals surface area contributed by atoms with Gasteiger partial charge in [0.1, 0.15) is 12.3 Å². The summed E-state index contributed by atoms with van der Waals surface area (Å²) in [4.78, 5) is 38.8. The summed E-state index contributed by atoms with van der Waals surface area (Å²) in [5.41, 5.74) is 8.39. The lowest BCUT2D eigenvalue weighted by Crippen LogP contribution is -2.47. The molecule has 0 aliphatic carbocycles. The van der Waals surface area contributed by atoms with E-state index >= 15 is 0 Å². The molecule has 2 aliphatic rings. The van der Waals surface area contributed by atoms with Crippen molar-refractivity contribution < 1.29 is 19.2 Å². The number of ether oxygens (including phenoxy) is 1. The van der Waals surface area contributed by atoms with Crippen LogP contribution >= 0.6 is 0 Å². The van der Waals surface area contributed by atoms with E-state index in [2.05, 4.69) is 0 Å². The fourth-order valence-electron chi connectivity index (χ4n) is 3.61. The second-order valence-electron chi connectivity index (χ2n) is 6.67. The average Bonchev–Trinajstić information content (AvgIpc) is 2.69. The predicted octanol–water partition coefficient (Wildman–Crippen LogP) is 1.88. The first-order valence-electron chi connectivity index (χ1n) is 8.85. The van der Waals surface area contributed by atoms with Crippen LogP contribution in [0.5, 0.6) is 5.75 Å². The molecule has 144 valence electrons. The predicted molar refractivity (Wildman–Crippen MR) is 102 cm³/mol. The summed E-state index contributed by atoms with van der Waals surface area (Å²) in [6.07, 6.45) is 1.56. The van der Waals surface area contributed by atoms with E-state index in [1.165, 1.54) is 23.1 Å². The maximum Gasteiger partial charge on any atom is 0.271 e. The Kier molecular flexibility index (Phi) is 4.34. The minimum atomic E-state index is -0.553. The van der Waals surface area contributed by atoms with Crippen molar-refractivity contribution in [2.24, 2.45) is 0 Å². The van der Waals surface area contributed by atoms with Crippen LogP contribution in [0.15, 0.2) is 36.4 Å². The number of carbonyl (C=O) groups is 2. The van der Waals surface area contributed by atoms with Crippen LogP contribution in [0.25, 0.3) is 0 Å². The highest BCUT2D eigenvalue weighted by Crippen LogP contribution is 2.36. The Bertz CT molecular complexity index is 990. The summed E-state index contributed by atoms with van der Waals surface area (Å²) in [5, 5.41) is 11.1. The molecule has 0 atom stereocenters. The molecule has 2 heterocycles. The third-order valence-electron chi connectivity index (χ3n) is 4.98. The van der Waals surface area contributed by atoms with Crippen LogP contribution in [0, 0.1) is 10.1 Å².